The molecule has 0 fully saturated rings. The predicted octanol–water partition coefficient (Wildman–Crippen LogP) is 3.53. The Hall–Kier alpha value is -0.870. The van der Waals surface area contributed by atoms with Crippen LogP contribution in [0.1, 0.15) is 45.7 Å². The van der Waals surface area contributed by atoms with Crippen LogP contribution in [-0.4, -0.2) is 28.9 Å². The largest absolute Gasteiger partial charge is 0.497 e. The Bertz CT molecular complexity index is 431. The average molecular weight is 311 g/mol. The Balaban J connectivity index is 2.89. The van der Waals surface area contributed by atoms with Crippen LogP contribution in [0.4, 0.5) is 0 Å². The van der Waals surface area contributed by atoms with Crippen LogP contribution < -0.4 is 10.1 Å². The highest BCUT2D eigenvalue weighted by atomic mass is 32.2. The van der Waals surface area contributed by atoms with Gasteiger partial charge in [0.2, 0.25) is 0 Å². The van der Waals surface area contributed by atoms with Crippen molar-refractivity contribution in [2.45, 2.75) is 45.4 Å². The summed E-state index contributed by atoms with van der Waals surface area (Å²) in [6.07, 6.45) is 1.07. The molecule has 1 aromatic carbocycles. The minimum atomic E-state index is -0.830. The molecule has 0 aliphatic heterocycles. The van der Waals surface area contributed by atoms with Crippen LogP contribution in [0.2, 0.25) is 0 Å². The van der Waals surface area contributed by atoms with Gasteiger partial charge in [-0.15, -0.1) is 0 Å². The van der Waals surface area contributed by atoms with Crippen molar-refractivity contribution >= 4 is 10.8 Å². The summed E-state index contributed by atoms with van der Waals surface area (Å²) in [5.41, 5.74) is 1.17. The normalized spacial score (nSPS) is 15.7. The second kappa shape index (κ2) is 9.21. The lowest BCUT2D eigenvalue weighted by atomic mass is 10.0. The second-order valence-corrected chi connectivity index (χ2v) is 7.69. The molecular weight excluding hydrogens is 282 g/mol. The van der Waals surface area contributed by atoms with Gasteiger partial charge in [0.15, 0.2) is 0 Å². The van der Waals surface area contributed by atoms with E-state index in [1.807, 2.05) is 12.1 Å². The van der Waals surface area contributed by atoms with Gasteiger partial charge in [0, 0.05) is 22.6 Å². The second-order valence-electron chi connectivity index (χ2n) is 5.85. The summed E-state index contributed by atoms with van der Waals surface area (Å²) < 4.78 is 17.7. The molecular formula is C17H29NO2S. The molecule has 0 amide bonds. The Morgan fingerprint density at radius 3 is 2.29 bits per heavy atom. The fourth-order valence-corrected chi connectivity index (χ4v) is 3.82. The lowest BCUT2D eigenvalue weighted by Gasteiger charge is -2.26. The van der Waals surface area contributed by atoms with Gasteiger partial charge >= 0.3 is 0 Å². The first-order chi connectivity index (χ1) is 9.99. The molecule has 3 nitrogen and oxygen atoms in total. The number of rotatable bonds is 9. The summed E-state index contributed by atoms with van der Waals surface area (Å²) in [4.78, 5) is 0. The molecule has 1 rings (SSSR count). The number of hydrogen-bond acceptors (Lipinski definition) is 3. The highest BCUT2D eigenvalue weighted by Crippen LogP contribution is 2.24. The van der Waals surface area contributed by atoms with Crippen LogP contribution in [-0.2, 0) is 10.8 Å². The molecule has 3 atom stereocenters. The van der Waals surface area contributed by atoms with Crippen LogP contribution in [0.15, 0.2) is 24.3 Å². The summed E-state index contributed by atoms with van der Waals surface area (Å²) in [6, 6.07) is 8.18. The van der Waals surface area contributed by atoms with Gasteiger partial charge in [-0.3, -0.25) is 4.21 Å². The van der Waals surface area contributed by atoms with E-state index < -0.39 is 10.8 Å². The molecule has 0 spiro atoms. The summed E-state index contributed by atoms with van der Waals surface area (Å²) in [5.74, 6) is 2.06. The summed E-state index contributed by atoms with van der Waals surface area (Å²) in [7, 11) is 0.839. The quantitative estimate of drug-likeness (QED) is 0.758. The molecule has 120 valence electrons. The zero-order valence-electron chi connectivity index (χ0n) is 13.9. The minimum absolute atomic E-state index is 0.0901. The molecule has 0 aliphatic rings. The molecule has 21 heavy (non-hydrogen) atoms. The highest BCUT2D eigenvalue weighted by molar-refractivity contribution is 7.85. The third-order valence-electron chi connectivity index (χ3n) is 3.47. The topological polar surface area (TPSA) is 38.3 Å². The van der Waals surface area contributed by atoms with E-state index in [1.54, 1.807) is 7.11 Å². The first kappa shape index (κ1) is 18.2. The lowest BCUT2D eigenvalue weighted by Crippen LogP contribution is -2.34. The molecule has 0 radical (unpaired) electrons. The maximum Gasteiger partial charge on any atom is 0.118 e. The van der Waals surface area contributed by atoms with Crippen LogP contribution in [0.5, 0.6) is 5.75 Å². The van der Waals surface area contributed by atoms with Crippen molar-refractivity contribution in [2.24, 2.45) is 5.92 Å². The smallest absolute Gasteiger partial charge is 0.118 e. The first-order valence-corrected chi connectivity index (χ1v) is 9.12. The standard InChI is InChI=1S/C17H29NO2S/c1-6-11-18-17(14(4)21(19)12-13(2)3)15-7-9-16(20-5)10-8-15/h7-10,13-14,17-18H,6,11-12H2,1-5H3. The van der Waals surface area contributed by atoms with E-state index in [0.29, 0.717) is 5.92 Å². The van der Waals surface area contributed by atoms with Crippen molar-refractivity contribution in [1.29, 1.82) is 0 Å². The Morgan fingerprint density at radius 1 is 1.19 bits per heavy atom. The van der Waals surface area contributed by atoms with E-state index in [0.717, 1.165) is 24.5 Å². The van der Waals surface area contributed by atoms with Crippen molar-refractivity contribution in [3.8, 4) is 5.75 Å². The van der Waals surface area contributed by atoms with E-state index in [2.05, 4.69) is 45.1 Å². The summed E-state index contributed by atoms with van der Waals surface area (Å²) >= 11 is 0. The van der Waals surface area contributed by atoms with Crippen LogP contribution in [0.25, 0.3) is 0 Å². The number of hydrogen-bond donors (Lipinski definition) is 1. The molecule has 0 saturated carbocycles. The van der Waals surface area contributed by atoms with Gasteiger partial charge in [-0.1, -0.05) is 32.9 Å². The molecule has 0 aliphatic carbocycles. The van der Waals surface area contributed by atoms with Gasteiger partial charge in [0.25, 0.3) is 0 Å². The molecule has 4 heteroatoms. The molecule has 1 N–H and O–H groups in total. The Kier molecular flexibility index (Phi) is 7.97. The molecule has 0 heterocycles. The van der Waals surface area contributed by atoms with Crippen LogP contribution >= 0.6 is 0 Å². The third-order valence-corrected chi connectivity index (χ3v) is 5.57. The lowest BCUT2D eigenvalue weighted by molar-refractivity contribution is 0.414. The maximum atomic E-state index is 12.5. The molecule has 0 saturated heterocycles. The predicted molar refractivity (Wildman–Crippen MR) is 91.3 cm³/mol. The third kappa shape index (κ3) is 5.79. The van der Waals surface area contributed by atoms with Gasteiger partial charge in [-0.25, -0.2) is 0 Å². The van der Waals surface area contributed by atoms with Gasteiger partial charge in [0.1, 0.15) is 5.75 Å². The molecule has 1 aromatic rings. The minimum Gasteiger partial charge on any atom is -0.497 e. The number of nitrogens with one attached hydrogen (secondary N) is 1. The fourth-order valence-electron chi connectivity index (χ4n) is 2.30. The first-order valence-electron chi connectivity index (χ1n) is 7.74. The summed E-state index contributed by atoms with van der Waals surface area (Å²) in [6.45, 7) is 9.39. The van der Waals surface area contributed by atoms with Gasteiger partial charge < -0.3 is 10.1 Å². The van der Waals surface area contributed by atoms with Gasteiger partial charge in [0.05, 0.1) is 12.4 Å². The van der Waals surface area contributed by atoms with E-state index in [9.17, 15) is 4.21 Å². The Labute approximate surface area is 131 Å². The van der Waals surface area contributed by atoms with Crippen molar-refractivity contribution in [3.63, 3.8) is 0 Å². The van der Waals surface area contributed by atoms with E-state index in [4.69, 9.17) is 4.74 Å². The van der Waals surface area contributed by atoms with Crippen LogP contribution in [0, 0.1) is 5.92 Å². The molecule has 0 aromatic heterocycles. The van der Waals surface area contributed by atoms with Crippen molar-refractivity contribution in [3.05, 3.63) is 29.8 Å². The van der Waals surface area contributed by atoms with Gasteiger partial charge in [-0.2, -0.15) is 0 Å². The number of methoxy groups -OCH3 is 1. The summed E-state index contributed by atoms with van der Waals surface area (Å²) in [5, 5.41) is 3.63. The molecule has 3 unspecified atom stereocenters. The van der Waals surface area contributed by atoms with E-state index in [-0.39, 0.29) is 11.3 Å². The average Bonchev–Trinajstić information content (AvgIpc) is 2.47. The van der Waals surface area contributed by atoms with Gasteiger partial charge in [-0.05, 0) is 43.5 Å². The van der Waals surface area contributed by atoms with Crippen molar-refractivity contribution < 1.29 is 8.95 Å². The maximum absolute atomic E-state index is 12.5. The zero-order valence-corrected chi connectivity index (χ0v) is 14.7. The van der Waals surface area contributed by atoms with Crippen molar-refractivity contribution in [2.75, 3.05) is 19.4 Å². The van der Waals surface area contributed by atoms with E-state index in [1.165, 1.54) is 5.56 Å². The monoisotopic (exact) mass is 311 g/mol. The highest BCUT2D eigenvalue weighted by Gasteiger charge is 2.24. The van der Waals surface area contributed by atoms with Crippen LogP contribution in [0.3, 0.4) is 0 Å². The Morgan fingerprint density at radius 2 is 1.81 bits per heavy atom. The number of benzene rings is 1. The SMILES string of the molecule is CCCNC(c1ccc(OC)cc1)C(C)S(=O)CC(C)C. The number of ether oxygens (including phenoxy) is 1. The molecule has 0 bridgehead atoms. The fraction of sp³-hybridized carbons (Fsp3) is 0.647. The van der Waals surface area contributed by atoms with E-state index >= 15 is 0 Å². The van der Waals surface area contributed by atoms with Crippen molar-refractivity contribution in [1.82, 2.24) is 5.32 Å². The zero-order chi connectivity index (χ0) is 15.8.